The van der Waals surface area contributed by atoms with Crippen LogP contribution < -0.4 is 4.74 Å². The van der Waals surface area contributed by atoms with Gasteiger partial charge >= 0.3 is 6.36 Å². The zero-order chi connectivity index (χ0) is 23.1. The SMILES string of the molecule is Cc1cc(-c2cc(C(F)F)nn2-c2ccc(S(C)(=O)=O)c(F)c2)ccc1OC(F)(F)F. The Labute approximate surface area is 172 Å². The maximum atomic E-state index is 14.3. The molecule has 0 saturated heterocycles. The van der Waals surface area contributed by atoms with Crippen LogP contribution in [0.15, 0.2) is 47.4 Å². The molecule has 0 N–H and O–H groups in total. The third kappa shape index (κ3) is 5.01. The van der Waals surface area contributed by atoms with Gasteiger partial charge in [-0.1, -0.05) is 0 Å². The molecule has 0 aliphatic carbocycles. The highest BCUT2D eigenvalue weighted by Gasteiger charge is 2.32. The van der Waals surface area contributed by atoms with Crippen LogP contribution in [0.2, 0.25) is 0 Å². The van der Waals surface area contributed by atoms with Crippen LogP contribution in [0.3, 0.4) is 0 Å². The predicted octanol–water partition coefficient (Wildman–Crippen LogP) is 5.23. The Kier molecular flexibility index (Phi) is 5.78. The summed E-state index contributed by atoms with van der Waals surface area (Å²) in [5, 5.41) is 3.74. The number of sulfone groups is 1. The molecule has 0 amide bonds. The first-order valence-corrected chi connectivity index (χ1v) is 10.4. The average Bonchev–Trinajstić information content (AvgIpc) is 3.07. The van der Waals surface area contributed by atoms with Crippen LogP contribution in [0.1, 0.15) is 17.7 Å². The minimum Gasteiger partial charge on any atom is -0.406 e. The Morgan fingerprint density at radius 1 is 1.06 bits per heavy atom. The first kappa shape index (κ1) is 22.7. The van der Waals surface area contributed by atoms with Crippen LogP contribution in [0.25, 0.3) is 16.9 Å². The molecule has 0 saturated carbocycles. The summed E-state index contributed by atoms with van der Waals surface area (Å²) < 4.78 is 106. The number of hydrogen-bond acceptors (Lipinski definition) is 4. The molecule has 0 radical (unpaired) electrons. The van der Waals surface area contributed by atoms with Crippen molar-refractivity contribution in [3.63, 3.8) is 0 Å². The summed E-state index contributed by atoms with van der Waals surface area (Å²) in [7, 11) is -3.86. The second-order valence-electron chi connectivity index (χ2n) is 6.58. The van der Waals surface area contributed by atoms with Gasteiger partial charge in [0.05, 0.1) is 11.4 Å². The first-order chi connectivity index (χ1) is 14.3. The van der Waals surface area contributed by atoms with Crippen LogP contribution in [-0.4, -0.2) is 30.8 Å². The summed E-state index contributed by atoms with van der Waals surface area (Å²) in [6.45, 7) is 1.33. The van der Waals surface area contributed by atoms with Gasteiger partial charge in [-0.2, -0.15) is 5.10 Å². The number of alkyl halides is 5. The molecule has 0 atom stereocenters. The molecule has 3 rings (SSSR count). The van der Waals surface area contributed by atoms with Crippen LogP contribution in [0.5, 0.6) is 5.75 Å². The minimum atomic E-state index is -4.91. The monoisotopic (exact) mass is 464 g/mol. The number of rotatable bonds is 5. The lowest BCUT2D eigenvalue weighted by molar-refractivity contribution is -0.274. The van der Waals surface area contributed by atoms with Crippen molar-refractivity contribution in [3.8, 4) is 22.7 Å². The molecule has 0 unspecified atom stereocenters. The number of halogens is 6. The topological polar surface area (TPSA) is 61.2 Å². The van der Waals surface area contributed by atoms with Crippen molar-refractivity contribution in [2.75, 3.05) is 6.26 Å². The highest BCUT2D eigenvalue weighted by molar-refractivity contribution is 7.90. The van der Waals surface area contributed by atoms with Gasteiger partial charge in [0, 0.05) is 17.9 Å². The van der Waals surface area contributed by atoms with Gasteiger partial charge in [0.2, 0.25) is 0 Å². The lowest BCUT2D eigenvalue weighted by atomic mass is 10.1. The largest absolute Gasteiger partial charge is 0.573 e. The van der Waals surface area contributed by atoms with Gasteiger partial charge in [-0.25, -0.2) is 26.3 Å². The van der Waals surface area contributed by atoms with E-state index in [0.29, 0.717) is 0 Å². The predicted molar refractivity (Wildman–Crippen MR) is 98.4 cm³/mol. The zero-order valence-electron chi connectivity index (χ0n) is 15.9. The molecule has 12 heteroatoms. The van der Waals surface area contributed by atoms with Gasteiger partial charge in [-0.3, -0.25) is 0 Å². The van der Waals surface area contributed by atoms with E-state index in [1.807, 2.05) is 0 Å². The first-order valence-electron chi connectivity index (χ1n) is 8.51. The molecule has 166 valence electrons. The van der Waals surface area contributed by atoms with Crippen molar-refractivity contribution in [2.24, 2.45) is 0 Å². The van der Waals surface area contributed by atoms with E-state index in [2.05, 4.69) is 9.84 Å². The number of benzene rings is 2. The van der Waals surface area contributed by atoms with E-state index in [0.717, 1.165) is 35.2 Å². The van der Waals surface area contributed by atoms with Crippen LogP contribution in [0.4, 0.5) is 26.3 Å². The van der Waals surface area contributed by atoms with Crippen molar-refractivity contribution in [1.82, 2.24) is 9.78 Å². The summed E-state index contributed by atoms with van der Waals surface area (Å²) in [4.78, 5) is -0.580. The molecule has 1 heterocycles. The van der Waals surface area contributed by atoms with Gasteiger partial charge in [-0.15, -0.1) is 13.2 Å². The quantitative estimate of drug-likeness (QED) is 0.486. The Hall–Kier alpha value is -3.02. The van der Waals surface area contributed by atoms with E-state index in [9.17, 15) is 34.8 Å². The second-order valence-corrected chi connectivity index (χ2v) is 8.57. The smallest absolute Gasteiger partial charge is 0.406 e. The summed E-state index contributed by atoms with van der Waals surface area (Å²) in [5.74, 6) is -1.58. The van der Waals surface area contributed by atoms with Crippen molar-refractivity contribution in [2.45, 2.75) is 24.6 Å². The molecular weight excluding hydrogens is 450 g/mol. The van der Waals surface area contributed by atoms with Crippen LogP contribution in [-0.2, 0) is 9.84 Å². The Balaban J connectivity index is 2.13. The number of hydrogen-bond donors (Lipinski definition) is 0. The molecule has 0 aliphatic rings. The van der Waals surface area contributed by atoms with E-state index in [1.165, 1.54) is 25.1 Å². The van der Waals surface area contributed by atoms with Crippen molar-refractivity contribution in [3.05, 3.63) is 59.5 Å². The molecule has 3 aromatic rings. The fourth-order valence-electron chi connectivity index (χ4n) is 2.88. The molecule has 0 aliphatic heterocycles. The summed E-state index contributed by atoms with van der Waals surface area (Å²) in [6.07, 6.45) is -7.07. The maximum absolute atomic E-state index is 14.3. The number of aryl methyl sites for hydroxylation is 1. The Bertz CT molecular complexity index is 1240. The molecule has 2 aromatic carbocycles. The normalized spacial score (nSPS) is 12.4. The highest BCUT2D eigenvalue weighted by atomic mass is 32.2. The van der Waals surface area contributed by atoms with Gasteiger partial charge in [0.1, 0.15) is 22.2 Å². The average molecular weight is 464 g/mol. The Morgan fingerprint density at radius 3 is 2.26 bits per heavy atom. The van der Waals surface area contributed by atoms with E-state index in [1.54, 1.807) is 0 Å². The lowest BCUT2D eigenvalue weighted by Crippen LogP contribution is -2.17. The van der Waals surface area contributed by atoms with Gasteiger partial charge < -0.3 is 4.74 Å². The summed E-state index contributed by atoms with van der Waals surface area (Å²) >= 11 is 0. The summed E-state index contributed by atoms with van der Waals surface area (Å²) in [6, 6.07) is 7.47. The molecule has 31 heavy (non-hydrogen) atoms. The van der Waals surface area contributed by atoms with Gasteiger partial charge in [-0.05, 0) is 48.9 Å². The molecule has 5 nitrogen and oxygen atoms in total. The third-order valence-electron chi connectivity index (χ3n) is 4.21. The zero-order valence-corrected chi connectivity index (χ0v) is 16.7. The molecule has 0 fully saturated rings. The second kappa shape index (κ2) is 7.91. The third-order valence-corrected chi connectivity index (χ3v) is 5.34. The number of ether oxygens (including phenoxy) is 1. The maximum Gasteiger partial charge on any atom is 0.573 e. The van der Waals surface area contributed by atoms with Gasteiger partial charge in [0.15, 0.2) is 9.84 Å². The van der Waals surface area contributed by atoms with E-state index >= 15 is 0 Å². The van der Waals surface area contributed by atoms with E-state index in [-0.39, 0.29) is 22.5 Å². The van der Waals surface area contributed by atoms with Gasteiger partial charge in [0.25, 0.3) is 6.43 Å². The standard InChI is InChI=1S/C19H14F6N2O3S/c1-10-7-11(3-5-16(10)30-19(23,24)25)15-9-14(18(21)22)26-27(15)12-4-6-17(13(20)8-12)31(2,28)29/h3-9,18H,1-2H3. The van der Waals surface area contributed by atoms with Crippen LogP contribution in [0, 0.1) is 12.7 Å². The lowest BCUT2D eigenvalue weighted by Gasteiger charge is -2.13. The highest BCUT2D eigenvalue weighted by Crippen LogP contribution is 2.33. The summed E-state index contributed by atoms with van der Waals surface area (Å²) in [5.41, 5.74) is -0.404. The molecular formula is C19H14F6N2O3S. The van der Waals surface area contributed by atoms with Crippen molar-refractivity contribution < 1.29 is 39.5 Å². The minimum absolute atomic E-state index is 0.0310. The number of nitrogens with zero attached hydrogens (tertiary/aromatic N) is 2. The van der Waals surface area contributed by atoms with Crippen LogP contribution >= 0.6 is 0 Å². The van der Waals surface area contributed by atoms with E-state index < -0.39 is 44.8 Å². The molecule has 0 bridgehead atoms. The van der Waals surface area contributed by atoms with Crippen molar-refractivity contribution in [1.29, 1.82) is 0 Å². The molecule has 1 aromatic heterocycles. The van der Waals surface area contributed by atoms with Crippen molar-refractivity contribution >= 4 is 9.84 Å². The Morgan fingerprint density at radius 2 is 1.74 bits per heavy atom. The fraction of sp³-hybridized carbons (Fsp3) is 0.211. The molecule has 0 spiro atoms. The number of aromatic nitrogens is 2. The van der Waals surface area contributed by atoms with E-state index in [4.69, 9.17) is 0 Å². The fourth-order valence-corrected chi connectivity index (χ4v) is 3.61.